The number of ether oxygens (including phenoxy) is 1. The number of aromatic nitrogens is 2. The van der Waals surface area contributed by atoms with Crippen LogP contribution in [0.4, 0.5) is 0 Å². The second-order valence-electron chi connectivity index (χ2n) is 8.03. The molecule has 0 N–H and O–H groups in total. The molecule has 0 radical (unpaired) electrons. The van der Waals surface area contributed by atoms with Crippen LogP contribution in [0.15, 0.2) is 59.6 Å². The Kier molecular flexibility index (Phi) is 7.67. The Morgan fingerprint density at radius 1 is 1.23 bits per heavy atom. The van der Waals surface area contributed by atoms with Crippen LogP contribution in [0.2, 0.25) is 0 Å². The number of carbonyl (C=O) groups excluding carboxylic acids is 2. The lowest BCUT2D eigenvalue weighted by Crippen LogP contribution is -2.40. The predicted octanol–water partition coefficient (Wildman–Crippen LogP) is 3.98. The second-order valence-corrected chi connectivity index (χ2v) is 9.71. The highest BCUT2D eigenvalue weighted by Crippen LogP contribution is 2.36. The minimum absolute atomic E-state index is 0.187. The van der Waals surface area contributed by atoms with Gasteiger partial charge in [-0.15, -0.1) is 0 Å². The fraction of sp³-hybridized carbons (Fsp3) is 0.231. The summed E-state index contributed by atoms with van der Waals surface area (Å²) in [6.45, 7) is 4.20. The maximum atomic E-state index is 12.8. The number of unbranched alkanes of at least 4 members (excludes halogenated alkanes) is 1. The number of aryl methyl sites for hydroxylation is 1. The minimum Gasteiger partial charge on any atom is -0.548 e. The largest absolute Gasteiger partial charge is 0.548 e. The normalized spacial score (nSPS) is 14.7. The Labute approximate surface area is 213 Å². The van der Waals surface area contributed by atoms with Gasteiger partial charge in [-0.1, -0.05) is 55.5 Å². The zero-order valence-corrected chi connectivity index (χ0v) is 21.0. The molecule has 0 atom stereocenters. The van der Waals surface area contributed by atoms with Crippen molar-refractivity contribution in [2.75, 3.05) is 13.2 Å². The summed E-state index contributed by atoms with van der Waals surface area (Å²) in [4.78, 5) is 25.2. The molecule has 0 bridgehead atoms. The van der Waals surface area contributed by atoms with Crippen molar-refractivity contribution in [1.82, 2.24) is 14.7 Å². The molecular formula is C26H24N3O4S2-. The van der Waals surface area contributed by atoms with Crippen molar-refractivity contribution < 1.29 is 19.4 Å². The van der Waals surface area contributed by atoms with Crippen molar-refractivity contribution in [3.05, 3.63) is 70.8 Å². The molecule has 180 valence electrons. The fourth-order valence-electron chi connectivity index (χ4n) is 3.65. The average molecular weight is 507 g/mol. The van der Waals surface area contributed by atoms with E-state index in [1.165, 1.54) is 0 Å². The van der Waals surface area contributed by atoms with E-state index >= 15 is 0 Å². The molecule has 9 heteroatoms. The third-order valence-electron chi connectivity index (χ3n) is 5.43. The van der Waals surface area contributed by atoms with E-state index in [0.717, 1.165) is 52.1 Å². The van der Waals surface area contributed by atoms with Gasteiger partial charge in [0.1, 0.15) is 15.8 Å². The van der Waals surface area contributed by atoms with Crippen LogP contribution in [0.1, 0.15) is 30.9 Å². The van der Waals surface area contributed by atoms with E-state index in [1.54, 1.807) is 10.8 Å². The molecule has 35 heavy (non-hydrogen) atoms. The van der Waals surface area contributed by atoms with Crippen LogP contribution in [0, 0.1) is 6.92 Å². The Bertz CT molecular complexity index is 1300. The zero-order valence-electron chi connectivity index (χ0n) is 19.4. The van der Waals surface area contributed by atoms with E-state index in [-0.39, 0.29) is 4.32 Å². The van der Waals surface area contributed by atoms with Gasteiger partial charge in [-0.3, -0.25) is 9.69 Å². The molecule has 2 heterocycles. The molecule has 1 amide bonds. The minimum atomic E-state index is -1.36. The quantitative estimate of drug-likeness (QED) is 0.246. The van der Waals surface area contributed by atoms with Gasteiger partial charge in [0.15, 0.2) is 0 Å². The van der Waals surface area contributed by atoms with Crippen molar-refractivity contribution in [2.45, 2.75) is 26.7 Å². The van der Waals surface area contributed by atoms with Crippen molar-refractivity contribution in [3.63, 3.8) is 0 Å². The first-order valence-electron chi connectivity index (χ1n) is 11.2. The SMILES string of the molecule is CCCCOc1ccc(-c2nn(-c3ccccc3)cc2/C=C2\SC(=S)N(CC(=O)[O-])C2=O)c(C)c1. The monoisotopic (exact) mass is 506 g/mol. The van der Waals surface area contributed by atoms with Crippen LogP contribution in [-0.2, 0) is 9.59 Å². The average Bonchev–Trinajstić information content (AvgIpc) is 3.36. The van der Waals surface area contributed by atoms with Gasteiger partial charge in [0.25, 0.3) is 5.91 Å². The number of aliphatic carboxylic acids is 1. The van der Waals surface area contributed by atoms with Crippen LogP contribution in [0.5, 0.6) is 5.75 Å². The van der Waals surface area contributed by atoms with E-state index in [4.69, 9.17) is 22.1 Å². The number of carboxylic acids is 1. The van der Waals surface area contributed by atoms with Gasteiger partial charge in [0.05, 0.1) is 29.7 Å². The highest BCUT2D eigenvalue weighted by atomic mass is 32.2. The fourth-order valence-corrected chi connectivity index (χ4v) is 4.89. The molecule has 1 saturated heterocycles. The maximum Gasteiger partial charge on any atom is 0.266 e. The predicted molar refractivity (Wildman–Crippen MR) is 139 cm³/mol. The zero-order chi connectivity index (χ0) is 24.9. The highest BCUT2D eigenvalue weighted by molar-refractivity contribution is 8.26. The Hall–Kier alpha value is -3.43. The Balaban J connectivity index is 1.75. The molecule has 1 fully saturated rings. The number of thiocarbonyl (C=S) groups is 1. The van der Waals surface area contributed by atoms with E-state index in [9.17, 15) is 14.7 Å². The number of benzene rings is 2. The molecular weight excluding hydrogens is 482 g/mol. The molecule has 0 unspecified atom stereocenters. The summed E-state index contributed by atoms with van der Waals surface area (Å²) < 4.78 is 7.79. The standard InChI is InChI=1S/C26H25N3O4S2/c1-3-4-12-33-20-10-11-21(17(2)13-20)24-18(15-29(27-24)19-8-6-5-7-9-19)14-22-25(32)28(16-23(30)31)26(34)35-22/h5-11,13-15H,3-4,12,16H2,1-2H3,(H,30,31)/p-1/b22-14-. The molecule has 0 spiro atoms. The summed E-state index contributed by atoms with van der Waals surface area (Å²) in [5.74, 6) is -1.03. The number of nitrogens with zero attached hydrogens (tertiary/aromatic N) is 3. The van der Waals surface area contributed by atoms with E-state index < -0.39 is 18.4 Å². The highest BCUT2D eigenvalue weighted by Gasteiger charge is 2.32. The van der Waals surface area contributed by atoms with Crippen molar-refractivity contribution in [1.29, 1.82) is 0 Å². The van der Waals surface area contributed by atoms with Crippen molar-refractivity contribution >= 4 is 46.3 Å². The van der Waals surface area contributed by atoms with Gasteiger partial charge >= 0.3 is 0 Å². The smallest absolute Gasteiger partial charge is 0.266 e. The number of thioether (sulfide) groups is 1. The number of hydrogen-bond donors (Lipinski definition) is 0. The lowest BCUT2D eigenvalue weighted by Gasteiger charge is -2.14. The van der Waals surface area contributed by atoms with Gasteiger partial charge in [-0.05, 0) is 55.3 Å². The number of carbonyl (C=O) groups is 2. The van der Waals surface area contributed by atoms with Gasteiger partial charge in [-0.25, -0.2) is 4.68 Å². The molecule has 0 aliphatic carbocycles. The molecule has 0 saturated carbocycles. The number of amides is 1. The van der Waals surface area contributed by atoms with Gasteiger partial charge in [0.2, 0.25) is 0 Å². The molecule has 1 aromatic heterocycles. The summed E-state index contributed by atoms with van der Waals surface area (Å²) in [7, 11) is 0. The number of rotatable bonds is 9. The van der Waals surface area contributed by atoms with Crippen LogP contribution in [-0.4, -0.2) is 44.0 Å². The first-order valence-corrected chi connectivity index (χ1v) is 12.4. The lowest BCUT2D eigenvalue weighted by atomic mass is 10.0. The topological polar surface area (TPSA) is 87.5 Å². The van der Waals surface area contributed by atoms with Crippen molar-refractivity contribution in [2.24, 2.45) is 0 Å². The molecule has 2 aromatic carbocycles. The first kappa shape index (κ1) is 24.7. The molecule has 1 aliphatic heterocycles. The second kappa shape index (κ2) is 10.9. The number of carboxylic acid groups (broad SMARTS) is 1. The third-order valence-corrected chi connectivity index (χ3v) is 6.81. The third kappa shape index (κ3) is 5.63. The maximum absolute atomic E-state index is 12.8. The Morgan fingerprint density at radius 2 is 2.00 bits per heavy atom. The lowest BCUT2D eigenvalue weighted by molar-refractivity contribution is -0.305. The first-order chi connectivity index (χ1) is 16.9. The van der Waals surface area contributed by atoms with E-state index in [2.05, 4.69) is 6.92 Å². The number of para-hydroxylation sites is 1. The van der Waals surface area contributed by atoms with Crippen LogP contribution in [0.25, 0.3) is 23.0 Å². The van der Waals surface area contributed by atoms with Gasteiger partial charge in [0, 0.05) is 17.3 Å². The molecule has 7 nitrogen and oxygen atoms in total. The van der Waals surface area contributed by atoms with Crippen LogP contribution in [0.3, 0.4) is 0 Å². The van der Waals surface area contributed by atoms with Gasteiger partial charge in [-0.2, -0.15) is 5.10 Å². The summed E-state index contributed by atoms with van der Waals surface area (Å²) in [6, 6.07) is 15.5. The number of hydrogen-bond acceptors (Lipinski definition) is 7. The van der Waals surface area contributed by atoms with Crippen molar-refractivity contribution in [3.8, 4) is 22.7 Å². The van der Waals surface area contributed by atoms with Crippen LogP contribution >= 0.6 is 24.0 Å². The molecule has 4 rings (SSSR count). The summed E-state index contributed by atoms with van der Waals surface area (Å²) in [6.07, 6.45) is 5.61. The van der Waals surface area contributed by atoms with Gasteiger partial charge < -0.3 is 14.6 Å². The molecule has 1 aliphatic rings. The summed E-state index contributed by atoms with van der Waals surface area (Å²) >= 11 is 6.28. The molecule has 3 aromatic rings. The van der Waals surface area contributed by atoms with Crippen LogP contribution < -0.4 is 9.84 Å². The summed E-state index contributed by atoms with van der Waals surface area (Å²) in [5, 5.41) is 15.9. The Morgan fingerprint density at radius 3 is 2.69 bits per heavy atom. The van der Waals surface area contributed by atoms with E-state index in [0.29, 0.717) is 22.8 Å². The van der Waals surface area contributed by atoms with E-state index in [1.807, 2.05) is 61.7 Å². The summed E-state index contributed by atoms with van der Waals surface area (Å²) in [5.41, 5.74) is 4.16.